The topological polar surface area (TPSA) is 85.3 Å². The van der Waals surface area contributed by atoms with E-state index in [1.165, 1.54) is 4.90 Å². The summed E-state index contributed by atoms with van der Waals surface area (Å²) in [7, 11) is 3.13. The molecule has 2 aromatic carbocycles. The van der Waals surface area contributed by atoms with Gasteiger partial charge in [0.25, 0.3) is 11.7 Å². The van der Waals surface area contributed by atoms with E-state index in [2.05, 4.69) is 0 Å². The summed E-state index contributed by atoms with van der Waals surface area (Å²) in [4.78, 5) is 27.4. The SMILES string of the molecule is COc1ccc(C2/C(=C(/O)c3ccc(OC)c(C)c3)C(=O)C(=O)N2CCOC(C)C)cc1. The molecule has 2 aromatic rings. The zero-order valence-electron chi connectivity index (χ0n) is 19.0. The van der Waals surface area contributed by atoms with Crippen LogP contribution in [0.1, 0.15) is 36.6 Å². The summed E-state index contributed by atoms with van der Waals surface area (Å²) in [6.07, 6.45) is -0.00599. The van der Waals surface area contributed by atoms with Gasteiger partial charge >= 0.3 is 0 Å². The Bertz CT molecular complexity index is 1030. The van der Waals surface area contributed by atoms with E-state index in [-0.39, 0.29) is 30.6 Å². The number of aliphatic hydroxyl groups excluding tert-OH is 1. The number of aliphatic hydroxyl groups is 1. The van der Waals surface area contributed by atoms with Crippen LogP contribution < -0.4 is 9.47 Å². The fourth-order valence-electron chi connectivity index (χ4n) is 3.81. The highest BCUT2D eigenvalue weighted by atomic mass is 16.5. The number of nitrogens with zero attached hydrogens (tertiary/aromatic N) is 1. The number of likely N-dealkylation sites (tertiary alicyclic amines) is 1. The number of carbonyl (C=O) groups is 2. The highest BCUT2D eigenvalue weighted by Gasteiger charge is 2.45. The van der Waals surface area contributed by atoms with Crippen LogP contribution in [-0.4, -0.2) is 55.2 Å². The maximum Gasteiger partial charge on any atom is 0.295 e. The van der Waals surface area contributed by atoms with Gasteiger partial charge in [0.2, 0.25) is 0 Å². The molecule has 0 radical (unpaired) electrons. The third kappa shape index (κ3) is 4.62. The van der Waals surface area contributed by atoms with Gasteiger partial charge in [0.1, 0.15) is 17.3 Å². The summed E-state index contributed by atoms with van der Waals surface area (Å²) in [5.74, 6) is -0.285. The van der Waals surface area contributed by atoms with Gasteiger partial charge in [-0.05, 0) is 62.2 Å². The molecule has 0 saturated carbocycles. The second kappa shape index (κ2) is 9.87. The van der Waals surface area contributed by atoms with Crippen molar-refractivity contribution in [3.05, 3.63) is 64.7 Å². The molecule has 7 nitrogen and oxygen atoms in total. The standard InChI is InChI=1S/C25H29NO6/c1-15(2)32-13-12-26-22(17-6-9-19(30-4)10-7-17)21(24(28)25(26)29)23(27)18-8-11-20(31-5)16(3)14-18/h6-11,14-15,22,27H,12-13H2,1-5H3/b23-21-. The molecule has 0 spiro atoms. The number of hydrogen-bond donors (Lipinski definition) is 1. The average molecular weight is 440 g/mol. The lowest BCUT2D eigenvalue weighted by molar-refractivity contribution is -0.140. The van der Waals surface area contributed by atoms with Crippen molar-refractivity contribution in [2.45, 2.75) is 32.9 Å². The quantitative estimate of drug-likeness (QED) is 0.382. The van der Waals surface area contributed by atoms with E-state index >= 15 is 0 Å². The van der Waals surface area contributed by atoms with Crippen LogP contribution in [-0.2, 0) is 14.3 Å². The summed E-state index contributed by atoms with van der Waals surface area (Å²) < 4.78 is 16.1. The maximum absolute atomic E-state index is 13.0. The van der Waals surface area contributed by atoms with E-state index in [0.717, 1.165) is 5.56 Å². The maximum atomic E-state index is 13.0. The van der Waals surface area contributed by atoms with E-state index in [1.54, 1.807) is 56.7 Å². The molecule has 32 heavy (non-hydrogen) atoms. The molecule has 1 aliphatic heterocycles. The molecule has 1 atom stereocenters. The number of aryl methyl sites for hydroxylation is 1. The van der Waals surface area contributed by atoms with Gasteiger partial charge in [0.05, 0.1) is 38.5 Å². The van der Waals surface area contributed by atoms with Crippen molar-refractivity contribution in [1.82, 2.24) is 4.90 Å². The first-order valence-electron chi connectivity index (χ1n) is 10.5. The molecule has 0 aliphatic carbocycles. The largest absolute Gasteiger partial charge is 0.507 e. The molecular weight excluding hydrogens is 410 g/mol. The van der Waals surface area contributed by atoms with E-state index in [0.29, 0.717) is 22.6 Å². The zero-order chi connectivity index (χ0) is 23.4. The van der Waals surface area contributed by atoms with Gasteiger partial charge < -0.3 is 24.2 Å². The summed E-state index contributed by atoms with van der Waals surface area (Å²) >= 11 is 0. The molecule has 1 amide bonds. The van der Waals surface area contributed by atoms with Gasteiger partial charge in [0.15, 0.2) is 0 Å². The Morgan fingerprint density at radius 1 is 1.06 bits per heavy atom. The van der Waals surface area contributed by atoms with E-state index in [4.69, 9.17) is 14.2 Å². The lowest BCUT2D eigenvalue weighted by Crippen LogP contribution is -2.33. The minimum atomic E-state index is -0.737. The number of amides is 1. The van der Waals surface area contributed by atoms with Gasteiger partial charge in [-0.1, -0.05) is 12.1 Å². The molecule has 1 aliphatic rings. The summed E-state index contributed by atoms with van der Waals surface area (Å²) in [5.41, 5.74) is 1.99. The van der Waals surface area contributed by atoms with Crippen molar-refractivity contribution in [3.8, 4) is 11.5 Å². The fourth-order valence-corrected chi connectivity index (χ4v) is 3.81. The lowest BCUT2D eigenvalue weighted by atomic mass is 9.94. The first-order chi connectivity index (χ1) is 15.3. The average Bonchev–Trinajstić information content (AvgIpc) is 3.03. The Labute approximate surface area is 188 Å². The second-order valence-electron chi connectivity index (χ2n) is 7.87. The number of methoxy groups -OCH3 is 2. The second-order valence-corrected chi connectivity index (χ2v) is 7.87. The van der Waals surface area contributed by atoms with Crippen LogP contribution >= 0.6 is 0 Å². The van der Waals surface area contributed by atoms with Gasteiger partial charge in [-0.25, -0.2) is 0 Å². The molecule has 7 heteroatoms. The molecule has 1 fully saturated rings. The van der Waals surface area contributed by atoms with Gasteiger partial charge in [-0.3, -0.25) is 9.59 Å². The molecule has 1 saturated heterocycles. The molecule has 0 bridgehead atoms. The fraction of sp³-hybridized carbons (Fsp3) is 0.360. The third-order valence-electron chi connectivity index (χ3n) is 5.42. The number of rotatable bonds is 8. The minimum Gasteiger partial charge on any atom is -0.507 e. The highest BCUT2D eigenvalue weighted by Crippen LogP contribution is 2.40. The Morgan fingerprint density at radius 3 is 2.31 bits per heavy atom. The van der Waals surface area contributed by atoms with Crippen LogP contribution in [0.5, 0.6) is 11.5 Å². The molecule has 1 N–H and O–H groups in total. The Kier molecular flexibility index (Phi) is 7.20. The highest BCUT2D eigenvalue weighted by molar-refractivity contribution is 6.46. The first kappa shape index (κ1) is 23.3. The van der Waals surface area contributed by atoms with E-state index in [9.17, 15) is 14.7 Å². The van der Waals surface area contributed by atoms with E-state index in [1.807, 2.05) is 20.8 Å². The summed E-state index contributed by atoms with van der Waals surface area (Å²) in [6.45, 7) is 6.15. The Morgan fingerprint density at radius 2 is 1.75 bits per heavy atom. The first-order valence-corrected chi connectivity index (χ1v) is 10.5. The van der Waals surface area contributed by atoms with Crippen molar-refractivity contribution in [1.29, 1.82) is 0 Å². The van der Waals surface area contributed by atoms with Crippen LogP contribution in [0.3, 0.4) is 0 Å². The van der Waals surface area contributed by atoms with Gasteiger partial charge in [0, 0.05) is 12.1 Å². The third-order valence-corrected chi connectivity index (χ3v) is 5.42. The number of Topliss-reactive ketones (excluding diaryl/α,β-unsaturated/α-hetero) is 1. The monoisotopic (exact) mass is 439 g/mol. The van der Waals surface area contributed by atoms with Crippen LogP contribution in [0.2, 0.25) is 0 Å². The predicted molar refractivity (Wildman–Crippen MR) is 121 cm³/mol. The number of hydrogen-bond acceptors (Lipinski definition) is 6. The van der Waals surface area contributed by atoms with Crippen LogP contribution in [0, 0.1) is 6.92 Å². The number of ketones is 1. The molecule has 1 heterocycles. The number of carbonyl (C=O) groups excluding carboxylic acids is 2. The minimum absolute atomic E-state index is 0.00599. The van der Waals surface area contributed by atoms with E-state index < -0.39 is 17.7 Å². The summed E-state index contributed by atoms with van der Waals surface area (Å²) in [6, 6.07) is 11.5. The van der Waals surface area contributed by atoms with Crippen molar-refractivity contribution >= 4 is 17.4 Å². The number of benzene rings is 2. The number of ether oxygens (including phenoxy) is 3. The predicted octanol–water partition coefficient (Wildman–Crippen LogP) is 3.86. The van der Waals surface area contributed by atoms with Crippen molar-refractivity contribution < 1.29 is 28.9 Å². The molecule has 0 aromatic heterocycles. The normalized spacial score (nSPS) is 17.8. The van der Waals surface area contributed by atoms with Crippen LogP contribution in [0.25, 0.3) is 5.76 Å². The van der Waals surface area contributed by atoms with Crippen molar-refractivity contribution in [3.63, 3.8) is 0 Å². The Balaban J connectivity index is 2.10. The molecule has 170 valence electrons. The smallest absolute Gasteiger partial charge is 0.295 e. The van der Waals surface area contributed by atoms with Crippen molar-refractivity contribution in [2.24, 2.45) is 0 Å². The van der Waals surface area contributed by atoms with Gasteiger partial charge in [-0.15, -0.1) is 0 Å². The molecular formula is C25H29NO6. The summed E-state index contributed by atoms with van der Waals surface area (Å²) in [5, 5.41) is 11.1. The van der Waals surface area contributed by atoms with Crippen LogP contribution in [0.4, 0.5) is 0 Å². The van der Waals surface area contributed by atoms with Gasteiger partial charge in [-0.2, -0.15) is 0 Å². The Hall–Kier alpha value is -3.32. The molecule has 3 rings (SSSR count). The van der Waals surface area contributed by atoms with Crippen LogP contribution in [0.15, 0.2) is 48.0 Å². The lowest BCUT2D eigenvalue weighted by Gasteiger charge is -2.25. The van der Waals surface area contributed by atoms with Crippen molar-refractivity contribution in [2.75, 3.05) is 27.4 Å². The molecule has 1 unspecified atom stereocenters. The zero-order valence-corrected chi connectivity index (χ0v) is 19.0.